The highest BCUT2D eigenvalue weighted by molar-refractivity contribution is 7.22. The van der Waals surface area contributed by atoms with Crippen molar-refractivity contribution in [3.05, 3.63) is 62.7 Å². The fourth-order valence-corrected chi connectivity index (χ4v) is 5.15. The summed E-state index contributed by atoms with van der Waals surface area (Å²) in [5.41, 5.74) is 2.11. The van der Waals surface area contributed by atoms with Crippen LogP contribution in [0.5, 0.6) is 0 Å². The van der Waals surface area contributed by atoms with E-state index in [2.05, 4.69) is 4.90 Å². The van der Waals surface area contributed by atoms with Gasteiger partial charge in [0.1, 0.15) is 0 Å². The number of rotatable bonds is 7. The first-order valence-electron chi connectivity index (χ1n) is 10.4. The summed E-state index contributed by atoms with van der Waals surface area (Å²) in [6, 6.07) is 9.39. The lowest BCUT2D eigenvalue weighted by Gasteiger charge is -2.27. The van der Waals surface area contributed by atoms with Crippen LogP contribution in [0.15, 0.2) is 36.4 Å². The Morgan fingerprint density at radius 1 is 1.27 bits per heavy atom. The molecule has 1 aliphatic rings. The molecule has 1 aromatic heterocycles. The van der Waals surface area contributed by atoms with Crippen molar-refractivity contribution in [3.63, 3.8) is 0 Å². The molecule has 8 nitrogen and oxygen atoms in total. The molecule has 0 spiro atoms. The molecule has 4 rings (SSSR count). The number of non-ortho nitro benzene ring substituents is 1. The maximum Gasteiger partial charge on any atom is 0.269 e. The number of hydrogen-bond acceptors (Lipinski definition) is 7. The van der Waals surface area contributed by atoms with Crippen molar-refractivity contribution in [1.82, 2.24) is 9.88 Å². The third-order valence-corrected chi connectivity index (χ3v) is 6.64. The summed E-state index contributed by atoms with van der Waals surface area (Å²) < 4.78 is 6.32. The predicted octanol–water partition coefficient (Wildman–Crippen LogP) is 4.96. The molecule has 2 aromatic carbocycles. The van der Waals surface area contributed by atoms with Crippen molar-refractivity contribution < 1.29 is 14.5 Å². The standard InChI is InChI=1S/C22H23ClN4O4S.ClH/c1-15-13-17(23)14-19-20(15)24-22(32-19)26(8-2-7-25-9-11-31-12-10-25)21(28)16-3-5-18(6-4-16)27(29)30;/h3-6,13-14H,2,7-12H2,1H3;1H. The Morgan fingerprint density at radius 3 is 2.64 bits per heavy atom. The third-order valence-electron chi connectivity index (χ3n) is 5.40. The highest BCUT2D eigenvalue weighted by Crippen LogP contribution is 2.34. The molecular formula is C22H24Cl2N4O4S. The molecule has 1 amide bonds. The van der Waals surface area contributed by atoms with Crippen LogP contribution in [-0.2, 0) is 4.74 Å². The molecule has 0 radical (unpaired) electrons. The summed E-state index contributed by atoms with van der Waals surface area (Å²) in [6.45, 7) is 6.50. The zero-order valence-corrected chi connectivity index (χ0v) is 20.4. The van der Waals surface area contributed by atoms with Crippen LogP contribution in [0.2, 0.25) is 5.02 Å². The number of carbonyl (C=O) groups excluding carboxylic acids is 1. The average molecular weight is 511 g/mol. The van der Waals surface area contributed by atoms with Gasteiger partial charge in [-0.2, -0.15) is 0 Å². The predicted molar refractivity (Wildman–Crippen MR) is 133 cm³/mol. The van der Waals surface area contributed by atoms with Crippen molar-refractivity contribution in [2.24, 2.45) is 0 Å². The van der Waals surface area contributed by atoms with Gasteiger partial charge in [-0.05, 0) is 43.2 Å². The first kappa shape index (κ1) is 25.3. The Morgan fingerprint density at radius 2 is 1.97 bits per heavy atom. The molecule has 33 heavy (non-hydrogen) atoms. The van der Waals surface area contributed by atoms with E-state index in [1.54, 1.807) is 4.90 Å². The zero-order chi connectivity index (χ0) is 22.7. The number of ether oxygens (including phenoxy) is 1. The third kappa shape index (κ3) is 5.99. The van der Waals surface area contributed by atoms with Crippen LogP contribution in [0.25, 0.3) is 10.2 Å². The summed E-state index contributed by atoms with van der Waals surface area (Å²) in [5, 5.41) is 12.2. The van der Waals surface area contributed by atoms with E-state index in [1.165, 1.54) is 35.6 Å². The van der Waals surface area contributed by atoms with Gasteiger partial charge in [0, 0.05) is 48.9 Å². The van der Waals surface area contributed by atoms with Crippen molar-refractivity contribution >= 4 is 62.3 Å². The number of nitro groups is 1. The molecule has 3 aromatic rings. The fraction of sp³-hybridized carbons (Fsp3) is 0.364. The molecule has 176 valence electrons. The number of thiazole rings is 1. The van der Waals surface area contributed by atoms with E-state index in [0.29, 0.717) is 22.3 Å². The fourth-order valence-electron chi connectivity index (χ4n) is 3.70. The van der Waals surface area contributed by atoms with Crippen molar-refractivity contribution in [3.8, 4) is 0 Å². The molecule has 1 fully saturated rings. The Hall–Kier alpha value is -2.30. The largest absolute Gasteiger partial charge is 0.379 e. The van der Waals surface area contributed by atoms with E-state index in [0.717, 1.165) is 55.0 Å². The van der Waals surface area contributed by atoms with Crippen LogP contribution in [0.1, 0.15) is 22.3 Å². The van der Waals surface area contributed by atoms with Gasteiger partial charge in [0.25, 0.3) is 11.6 Å². The van der Waals surface area contributed by atoms with Gasteiger partial charge >= 0.3 is 0 Å². The quantitative estimate of drug-likeness (QED) is 0.329. The second-order valence-corrected chi connectivity index (χ2v) is 9.08. The van der Waals surface area contributed by atoms with Crippen LogP contribution in [0.3, 0.4) is 0 Å². The zero-order valence-electron chi connectivity index (χ0n) is 18.0. The van der Waals surface area contributed by atoms with Crippen LogP contribution in [0, 0.1) is 17.0 Å². The second-order valence-electron chi connectivity index (χ2n) is 7.63. The van der Waals surface area contributed by atoms with Gasteiger partial charge in [0.15, 0.2) is 5.13 Å². The van der Waals surface area contributed by atoms with Gasteiger partial charge in [-0.1, -0.05) is 22.9 Å². The smallest absolute Gasteiger partial charge is 0.269 e. The molecule has 0 aliphatic carbocycles. The number of nitrogens with zero attached hydrogens (tertiary/aromatic N) is 4. The van der Waals surface area contributed by atoms with Crippen LogP contribution in [0.4, 0.5) is 10.8 Å². The molecule has 11 heteroatoms. The van der Waals surface area contributed by atoms with Crippen LogP contribution >= 0.6 is 35.3 Å². The molecule has 0 N–H and O–H groups in total. The van der Waals surface area contributed by atoms with Crippen LogP contribution < -0.4 is 4.90 Å². The highest BCUT2D eigenvalue weighted by atomic mass is 35.5. The molecule has 0 saturated carbocycles. The summed E-state index contributed by atoms with van der Waals surface area (Å²) in [7, 11) is 0. The minimum absolute atomic E-state index is 0. The van der Waals surface area contributed by atoms with Crippen molar-refractivity contribution in [1.29, 1.82) is 0 Å². The van der Waals surface area contributed by atoms with Gasteiger partial charge in [-0.3, -0.25) is 24.7 Å². The van der Waals surface area contributed by atoms with Gasteiger partial charge in [-0.25, -0.2) is 4.98 Å². The Balaban J connectivity index is 0.00000306. The van der Waals surface area contributed by atoms with Gasteiger partial charge in [0.05, 0.1) is 28.4 Å². The lowest BCUT2D eigenvalue weighted by atomic mass is 10.2. The number of morpholine rings is 1. The Kier molecular flexibility index (Phi) is 8.61. The number of carbonyl (C=O) groups is 1. The van der Waals surface area contributed by atoms with E-state index in [4.69, 9.17) is 21.3 Å². The van der Waals surface area contributed by atoms with E-state index in [9.17, 15) is 14.9 Å². The molecule has 0 unspecified atom stereocenters. The second kappa shape index (κ2) is 11.2. The number of nitro benzene ring substituents is 1. The normalized spacial score (nSPS) is 14.1. The number of aryl methyl sites for hydroxylation is 1. The molecule has 0 atom stereocenters. The van der Waals surface area contributed by atoms with E-state index >= 15 is 0 Å². The Labute approximate surface area is 206 Å². The first-order chi connectivity index (χ1) is 15.4. The summed E-state index contributed by atoms with van der Waals surface area (Å²) in [6.07, 6.45) is 0.772. The maximum atomic E-state index is 13.4. The first-order valence-corrected chi connectivity index (χ1v) is 11.5. The number of anilines is 1. The van der Waals surface area contributed by atoms with Crippen molar-refractivity contribution in [2.45, 2.75) is 13.3 Å². The monoisotopic (exact) mass is 510 g/mol. The number of aromatic nitrogens is 1. The lowest BCUT2D eigenvalue weighted by Crippen LogP contribution is -2.39. The van der Waals surface area contributed by atoms with Gasteiger partial charge in [-0.15, -0.1) is 12.4 Å². The van der Waals surface area contributed by atoms with Gasteiger partial charge in [0.2, 0.25) is 0 Å². The molecule has 1 saturated heterocycles. The SMILES string of the molecule is Cc1cc(Cl)cc2sc(N(CCCN3CCOCC3)C(=O)c3ccc([N+](=O)[O-])cc3)nc12.Cl. The van der Waals surface area contributed by atoms with E-state index in [1.807, 2.05) is 19.1 Å². The van der Waals surface area contributed by atoms with Gasteiger partial charge < -0.3 is 4.74 Å². The summed E-state index contributed by atoms with van der Waals surface area (Å²) in [4.78, 5) is 32.6. The van der Waals surface area contributed by atoms with Crippen molar-refractivity contribution in [2.75, 3.05) is 44.3 Å². The summed E-state index contributed by atoms with van der Waals surface area (Å²) >= 11 is 7.63. The molecule has 0 bridgehead atoms. The lowest BCUT2D eigenvalue weighted by molar-refractivity contribution is -0.384. The number of amides is 1. The Bertz CT molecular complexity index is 1130. The number of halogens is 2. The highest BCUT2D eigenvalue weighted by Gasteiger charge is 2.23. The topological polar surface area (TPSA) is 88.8 Å². The number of fused-ring (bicyclic) bond motifs is 1. The number of benzene rings is 2. The molecule has 1 aliphatic heterocycles. The number of hydrogen-bond donors (Lipinski definition) is 0. The minimum atomic E-state index is -0.478. The van der Waals surface area contributed by atoms with E-state index < -0.39 is 4.92 Å². The summed E-state index contributed by atoms with van der Waals surface area (Å²) in [5.74, 6) is -0.232. The minimum Gasteiger partial charge on any atom is -0.379 e. The van der Waals surface area contributed by atoms with E-state index in [-0.39, 0.29) is 24.0 Å². The molecular weight excluding hydrogens is 487 g/mol. The van der Waals surface area contributed by atoms with Crippen LogP contribution in [-0.4, -0.2) is 60.1 Å². The molecule has 2 heterocycles. The maximum absolute atomic E-state index is 13.4. The average Bonchev–Trinajstić information content (AvgIpc) is 3.21.